The number of carbonyl (C=O) groups excluding carboxylic acids is 2. The number of likely N-dealkylation sites (tertiary alicyclic amines) is 2. The topological polar surface area (TPSA) is 40.6 Å². The molecular weight excluding hydrogens is 228 g/mol. The fraction of sp³-hybridized carbons (Fsp3) is 0.857. The Bertz CT molecular complexity index is 322. The maximum Gasteiger partial charge on any atom is 0.245 e. The highest BCUT2D eigenvalue weighted by Gasteiger charge is 2.35. The van der Waals surface area contributed by atoms with Gasteiger partial charge in [-0.05, 0) is 32.1 Å². The van der Waals surface area contributed by atoms with Crippen molar-refractivity contribution >= 4 is 11.8 Å². The van der Waals surface area contributed by atoms with Crippen LogP contribution in [-0.4, -0.2) is 47.3 Å². The molecule has 0 aromatic rings. The molecule has 2 aliphatic rings. The van der Waals surface area contributed by atoms with E-state index in [2.05, 4.69) is 0 Å². The van der Waals surface area contributed by atoms with Crippen LogP contribution in [0.2, 0.25) is 0 Å². The summed E-state index contributed by atoms with van der Waals surface area (Å²) in [6.07, 6.45) is 5.15. The van der Waals surface area contributed by atoms with Gasteiger partial charge in [0.25, 0.3) is 0 Å². The van der Waals surface area contributed by atoms with Crippen LogP contribution in [0.1, 0.15) is 46.0 Å². The average Bonchev–Trinajstić information content (AvgIpc) is 2.90. The quantitative estimate of drug-likeness (QED) is 0.749. The molecule has 0 bridgehead atoms. The first-order chi connectivity index (χ1) is 8.61. The maximum atomic E-state index is 12.5. The van der Waals surface area contributed by atoms with Crippen LogP contribution in [0.3, 0.4) is 0 Å². The second-order valence-corrected chi connectivity index (χ2v) is 5.73. The van der Waals surface area contributed by atoms with Gasteiger partial charge in [-0.25, -0.2) is 0 Å². The van der Waals surface area contributed by atoms with Crippen LogP contribution in [0.15, 0.2) is 0 Å². The molecule has 1 unspecified atom stereocenters. The zero-order valence-electron chi connectivity index (χ0n) is 11.5. The minimum atomic E-state index is -0.188. The van der Waals surface area contributed by atoms with Crippen molar-refractivity contribution in [1.29, 1.82) is 0 Å². The first-order valence-corrected chi connectivity index (χ1v) is 7.20. The predicted molar refractivity (Wildman–Crippen MR) is 70.0 cm³/mol. The smallest absolute Gasteiger partial charge is 0.245 e. The molecule has 0 aromatic carbocycles. The number of piperidine rings is 1. The molecule has 0 saturated carbocycles. The Kier molecular flexibility index (Phi) is 4.25. The summed E-state index contributed by atoms with van der Waals surface area (Å²) in [6, 6.07) is -0.188. The number of carbonyl (C=O) groups is 2. The summed E-state index contributed by atoms with van der Waals surface area (Å²) in [4.78, 5) is 28.4. The Balaban J connectivity index is 2.07. The molecule has 18 heavy (non-hydrogen) atoms. The Hall–Kier alpha value is -1.06. The van der Waals surface area contributed by atoms with Gasteiger partial charge in [0.1, 0.15) is 6.04 Å². The summed E-state index contributed by atoms with van der Waals surface area (Å²) in [6.45, 7) is 6.32. The second-order valence-electron chi connectivity index (χ2n) is 5.73. The summed E-state index contributed by atoms with van der Waals surface area (Å²) >= 11 is 0. The normalized spacial score (nSPS) is 24.7. The summed E-state index contributed by atoms with van der Waals surface area (Å²) < 4.78 is 0. The van der Waals surface area contributed by atoms with Crippen LogP contribution in [0.4, 0.5) is 0 Å². The standard InChI is InChI=1S/C14H24N2O2/c1-11(2)13(17)16-10-4-3-7-12(16)14(18)15-8-5-6-9-15/h11-12H,3-10H2,1-2H3. The van der Waals surface area contributed by atoms with Crippen LogP contribution < -0.4 is 0 Å². The molecule has 2 heterocycles. The van der Waals surface area contributed by atoms with E-state index in [1.165, 1.54) is 0 Å². The predicted octanol–water partition coefficient (Wildman–Crippen LogP) is 1.65. The van der Waals surface area contributed by atoms with Crippen LogP contribution in [0.5, 0.6) is 0 Å². The molecule has 2 aliphatic heterocycles. The van der Waals surface area contributed by atoms with Gasteiger partial charge in [0, 0.05) is 25.6 Å². The Labute approximate surface area is 109 Å². The highest BCUT2D eigenvalue weighted by atomic mass is 16.2. The minimum Gasteiger partial charge on any atom is -0.341 e. The highest BCUT2D eigenvalue weighted by molar-refractivity contribution is 5.88. The molecule has 0 spiro atoms. The summed E-state index contributed by atoms with van der Waals surface area (Å²) in [7, 11) is 0. The van der Waals surface area contributed by atoms with Crippen LogP contribution in [0, 0.1) is 5.92 Å². The van der Waals surface area contributed by atoms with E-state index in [9.17, 15) is 9.59 Å². The van der Waals surface area contributed by atoms with Crippen molar-refractivity contribution in [2.75, 3.05) is 19.6 Å². The molecule has 4 nitrogen and oxygen atoms in total. The van der Waals surface area contributed by atoms with E-state index in [4.69, 9.17) is 0 Å². The van der Waals surface area contributed by atoms with Crippen molar-refractivity contribution < 1.29 is 9.59 Å². The fourth-order valence-corrected chi connectivity index (χ4v) is 2.93. The number of amides is 2. The van der Waals surface area contributed by atoms with Gasteiger partial charge in [0.05, 0.1) is 0 Å². The molecular formula is C14H24N2O2. The SMILES string of the molecule is CC(C)C(=O)N1CCCCC1C(=O)N1CCCC1. The van der Waals surface area contributed by atoms with Crippen LogP contribution in [0.25, 0.3) is 0 Å². The summed E-state index contributed by atoms with van der Waals surface area (Å²) in [5.74, 6) is 0.297. The van der Waals surface area contributed by atoms with Gasteiger partial charge in [-0.3, -0.25) is 9.59 Å². The molecule has 4 heteroatoms. The van der Waals surface area contributed by atoms with E-state index < -0.39 is 0 Å². The molecule has 1 atom stereocenters. The third-order valence-electron chi connectivity index (χ3n) is 3.98. The summed E-state index contributed by atoms with van der Waals surface area (Å²) in [5, 5.41) is 0. The van der Waals surface area contributed by atoms with E-state index in [-0.39, 0.29) is 23.8 Å². The van der Waals surface area contributed by atoms with Crippen molar-refractivity contribution in [3.8, 4) is 0 Å². The molecule has 2 saturated heterocycles. The first kappa shape index (κ1) is 13.4. The Morgan fingerprint density at radius 1 is 1.00 bits per heavy atom. The third kappa shape index (κ3) is 2.68. The minimum absolute atomic E-state index is 0.0167. The molecule has 0 radical (unpaired) electrons. The van der Waals surface area contributed by atoms with E-state index in [0.717, 1.165) is 51.7 Å². The lowest BCUT2D eigenvalue weighted by Crippen LogP contribution is -2.53. The highest BCUT2D eigenvalue weighted by Crippen LogP contribution is 2.22. The number of hydrogen-bond acceptors (Lipinski definition) is 2. The molecule has 0 aromatic heterocycles. The zero-order chi connectivity index (χ0) is 13.1. The molecule has 2 rings (SSSR count). The molecule has 0 aliphatic carbocycles. The molecule has 102 valence electrons. The Morgan fingerprint density at radius 2 is 1.61 bits per heavy atom. The molecule has 0 N–H and O–H groups in total. The van der Waals surface area contributed by atoms with Crippen molar-refractivity contribution in [1.82, 2.24) is 9.80 Å². The van der Waals surface area contributed by atoms with Gasteiger partial charge >= 0.3 is 0 Å². The zero-order valence-corrected chi connectivity index (χ0v) is 11.5. The van der Waals surface area contributed by atoms with E-state index in [1.54, 1.807) is 0 Å². The first-order valence-electron chi connectivity index (χ1n) is 7.20. The van der Waals surface area contributed by atoms with Gasteiger partial charge in [-0.15, -0.1) is 0 Å². The largest absolute Gasteiger partial charge is 0.341 e. The lowest BCUT2D eigenvalue weighted by Gasteiger charge is -2.37. The van der Waals surface area contributed by atoms with Crippen LogP contribution in [-0.2, 0) is 9.59 Å². The number of hydrogen-bond donors (Lipinski definition) is 0. The molecule has 2 fully saturated rings. The van der Waals surface area contributed by atoms with E-state index in [0.29, 0.717) is 0 Å². The van der Waals surface area contributed by atoms with E-state index >= 15 is 0 Å². The second kappa shape index (κ2) is 5.72. The van der Waals surface area contributed by atoms with Crippen LogP contribution >= 0.6 is 0 Å². The van der Waals surface area contributed by atoms with Gasteiger partial charge in [-0.1, -0.05) is 13.8 Å². The number of rotatable bonds is 2. The fourth-order valence-electron chi connectivity index (χ4n) is 2.93. The monoisotopic (exact) mass is 252 g/mol. The third-order valence-corrected chi connectivity index (χ3v) is 3.98. The van der Waals surface area contributed by atoms with Gasteiger partial charge in [0.15, 0.2) is 0 Å². The van der Waals surface area contributed by atoms with Gasteiger partial charge in [0.2, 0.25) is 11.8 Å². The lowest BCUT2D eigenvalue weighted by atomic mass is 9.99. The van der Waals surface area contributed by atoms with E-state index in [1.807, 2.05) is 23.6 Å². The molecule has 2 amide bonds. The Morgan fingerprint density at radius 3 is 2.22 bits per heavy atom. The lowest BCUT2D eigenvalue weighted by molar-refractivity contribution is -0.148. The van der Waals surface area contributed by atoms with Crippen molar-refractivity contribution in [2.45, 2.75) is 52.0 Å². The van der Waals surface area contributed by atoms with Crippen molar-refractivity contribution in [3.05, 3.63) is 0 Å². The van der Waals surface area contributed by atoms with Gasteiger partial charge in [-0.2, -0.15) is 0 Å². The number of nitrogens with zero attached hydrogens (tertiary/aromatic N) is 2. The van der Waals surface area contributed by atoms with Crippen molar-refractivity contribution in [3.63, 3.8) is 0 Å². The average molecular weight is 252 g/mol. The summed E-state index contributed by atoms with van der Waals surface area (Å²) in [5.41, 5.74) is 0. The maximum absolute atomic E-state index is 12.5. The van der Waals surface area contributed by atoms with Gasteiger partial charge < -0.3 is 9.80 Å². The van der Waals surface area contributed by atoms with Crippen molar-refractivity contribution in [2.24, 2.45) is 5.92 Å².